The van der Waals surface area contributed by atoms with Crippen LogP contribution in [0.5, 0.6) is 11.5 Å². The van der Waals surface area contributed by atoms with Crippen molar-refractivity contribution >= 4 is 43.7 Å². The average Bonchev–Trinajstić information content (AvgIpc) is 3.71. The van der Waals surface area contributed by atoms with E-state index in [0.717, 1.165) is 41.0 Å². The number of H-pyrrole nitrogens is 2. The minimum atomic E-state index is -4.45. The third-order valence-corrected chi connectivity index (χ3v) is 9.98. The van der Waals surface area contributed by atoms with Crippen molar-refractivity contribution in [2.45, 2.75) is 54.9 Å². The van der Waals surface area contributed by atoms with Crippen molar-refractivity contribution < 1.29 is 44.2 Å². The van der Waals surface area contributed by atoms with Crippen molar-refractivity contribution in [2.24, 2.45) is 0 Å². The summed E-state index contributed by atoms with van der Waals surface area (Å²) in [5, 5.41) is 0.218. The fourth-order valence-corrected chi connectivity index (χ4v) is 7.08. The highest BCUT2D eigenvalue weighted by Crippen LogP contribution is 2.33. The minimum Gasteiger partial charge on any atom is -0.496 e. The fourth-order valence-electron chi connectivity index (χ4n) is 5.00. The van der Waals surface area contributed by atoms with Crippen LogP contribution in [0.3, 0.4) is 0 Å². The second kappa shape index (κ2) is 14.8. The number of benzene rings is 2. The number of halogens is 6. The van der Waals surface area contributed by atoms with Gasteiger partial charge in [0.1, 0.15) is 11.5 Å². The van der Waals surface area contributed by atoms with Gasteiger partial charge in [-0.2, -0.15) is 26.3 Å². The largest absolute Gasteiger partial charge is 0.496 e. The third kappa shape index (κ3) is 8.56. The number of hydrogen-bond donors (Lipinski definition) is 2. The first kappa shape index (κ1) is 37.4. The monoisotopic (exact) mass is 752 g/mol. The molecule has 2 atom stereocenters. The molecule has 4 aromatic heterocycles. The zero-order valence-corrected chi connectivity index (χ0v) is 29.2. The molecule has 0 amide bonds. The molecule has 18 heteroatoms. The zero-order chi connectivity index (χ0) is 37.2. The highest BCUT2D eigenvalue weighted by atomic mass is 32.2. The number of pyridine rings is 2. The van der Waals surface area contributed by atoms with Gasteiger partial charge in [-0.15, -0.1) is 0 Å². The Morgan fingerprint density at radius 1 is 0.686 bits per heavy atom. The van der Waals surface area contributed by atoms with Gasteiger partial charge in [0, 0.05) is 35.2 Å². The van der Waals surface area contributed by atoms with Crippen LogP contribution in [-0.4, -0.2) is 52.5 Å². The molecular formula is C33H30F6N6O4S2. The Kier molecular flexibility index (Phi) is 10.9. The van der Waals surface area contributed by atoms with Crippen LogP contribution in [0.1, 0.15) is 39.2 Å². The summed E-state index contributed by atoms with van der Waals surface area (Å²) in [6.45, 7) is 5.51. The quantitative estimate of drug-likeness (QED) is 0.153. The number of ether oxygens (including phenoxy) is 2. The molecule has 2 N–H and O–H groups in total. The number of methoxy groups -OCH3 is 2. The number of alkyl halides is 6. The third-order valence-electron chi connectivity index (χ3n) is 7.63. The molecule has 0 fully saturated rings. The maximum absolute atomic E-state index is 12.8. The summed E-state index contributed by atoms with van der Waals surface area (Å²) in [5.74, 6) is 1.45. The van der Waals surface area contributed by atoms with Crippen LogP contribution in [0, 0.1) is 20.8 Å². The van der Waals surface area contributed by atoms with Crippen LogP contribution in [0.4, 0.5) is 26.3 Å². The average molecular weight is 753 g/mol. The zero-order valence-electron chi connectivity index (χ0n) is 27.6. The smallest absolute Gasteiger partial charge is 0.416 e. The van der Waals surface area contributed by atoms with E-state index in [2.05, 4.69) is 29.9 Å². The molecule has 270 valence electrons. The van der Waals surface area contributed by atoms with Crippen molar-refractivity contribution in [3.63, 3.8) is 0 Å². The van der Waals surface area contributed by atoms with Gasteiger partial charge in [0.25, 0.3) is 0 Å². The van der Waals surface area contributed by atoms with E-state index in [9.17, 15) is 34.8 Å². The molecule has 51 heavy (non-hydrogen) atoms. The van der Waals surface area contributed by atoms with E-state index < -0.39 is 45.1 Å². The SMILES string of the molecule is COc1c(C)cnc(CS(=O)c2nc3ccc(C(F)(F)F)cc3[nH]2)c1C.COc1cc(CS(=O)c2nc3ccc(C(F)(F)F)cc3[nH]2)ncc1C. The summed E-state index contributed by atoms with van der Waals surface area (Å²) in [7, 11) is -0.0881. The van der Waals surface area contributed by atoms with E-state index >= 15 is 0 Å². The number of nitrogens with zero attached hydrogens (tertiary/aromatic N) is 4. The van der Waals surface area contributed by atoms with Gasteiger partial charge >= 0.3 is 12.4 Å². The highest BCUT2D eigenvalue weighted by Gasteiger charge is 2.32. The second-order valence-corrected chi connectivity index (χ2v) is 13.9. The van der Waals surface area contributed by atoms with Gasteiger partial charge < -0.3 is 19.4 Å². The van der Waals surface area contributed by atoms with Crippen LogP contribution in [0.15, 0.2) is 65.2 Å². The molecule has 0 saturated carbocycles. The summed E-state index contributed by atoms with van der Waals surface area (Å²) in [6.07, 6.45) is -5.65. The molecule has 2 aromatic carbocycles. The van der Waals surface area contributed by atoms with Gasteiger partial charge in [-0.25, -0.2) is 9.97 Å². The predicted octanol–water partition coefficient (Wildman–Crippen LogP) is 7.51. The Morgan fingerprint density at radius 3 is 1.69 bits per heavy atom. The molecule has 4 heterocycles. The lowest BCUT2D eigenvalue weighted by molar-refractivity contribution is -0.138. The summed E-state index contributed by atoms with van der Waals surface area (Å²) >= 11 is 0. The minimum absolute atomic E-state index is 0.0720. The van der Waals surface area contributed by atoms with Crippen LogP contribution >= 0.6 is 0 Å². The molecule has 0 bridgehead atoms. The predicted molar refractivity (Wildman–Crippen MR) is 178 cm³/mol. The van der Waals surface area contributed by atoms with Crippen LogP contribution < -0.4 is 9.47 Å². The van der Waals surface area contributed by atoms with E-state index in [1.807, 2.05) is 20.8 Å². The second-order valence-electron chi connectivity index (χ2n) is 11.2. The maximum Gasteiger partial charge on any atom is 0.416 e. The summed E-state index contributed by atoms with van der Waals surface area (Å²) in [6, 6.07) is 8.00. The molecule has 6 rings (SSSR count). The van der Waals surface area contributed by atoms with Gasteiger partial charge in [-0.3, -0.25) is 18.4 Å². The molecule has 0 radical (unpaired) electrons. The molecule has 6 aromatic rings. The van der Waals surface area contributed by atoms with Gasteiger partial charge in [0.15, 0.2) is 10.3 Å². The molecule has 2 unspecified atom stereocenters. The first-order valence-corrected chi connectivity index (χ1v) is 17.5. The Morgan fingerprint density at radius 2 is 1.20 bits per heavy atom. The number of nitrogens with one attached hydrogen (secondary N) is 2. The first-order chi connectivity index (χ1) is 24.0. The van der Waals surface area contributed by atoms with Crippen molar-refractivity contribution in [1.82, 2.24) is 29.9 Å². The molecule has 0 aliphatic rings. The van der Waals surface area contributed by atoms with Crippen molar-refractivity contribution in [3.05, 3.63) is 94.1 Å². The molecule has 0 aliphatic carbocycles. The lowest BCUT2D eigenvalue weighted by Gasteiger charge is -2.11. The van der Waals surface area contributed by atoms with Crippen molar-refractivity contribution in [2.75, 3.05) is 14.2 Å². The lowest BCUT2D eigenvalue weighted by atomic mass is 10.1. The number of aromatic nitrogens is 6. The van der Waals surface area contributed by atoms with E-state index in [-0.39, 0.29) is 32.9 Å². The summed E-state index contributed by atoms with van der Waals surface area (Å²) in [5.41, 5.74) is 3.07. The molecule has 0 spiro atoms. The van der Waals surface area contributed by atoms with Gasteiger partial charge in [-0.05, 0) is 57.2 Å². The Hall–Kier alpha value is -4.84. The van der Waals surface area contributed by atoms with E-state index in [4.69, 9.17) is 9.47 Å². The normalized spacial score (nSPS) is 13.2. The van der Waals surface area contributed by atoms with Crippen molar-refractivity contribution in [1.29, 1.82) is 0 Å². The molecule has 0 saturated heterocycles. The Balaban J connectivity index is 0.000000198. The van der Waals surface area contributed by atoms with Crippen molar-refractivity contribution in [3.8, 4) is 11.5 Å². The number of aromatic amines is 2. The summed E-state index contributed by atoms with van der Waals surface area (Å²) < 4.78 is 112. The first-order valence-electron chi connectivity index (χ1n) is 14.9. The number of fused-ring (bicyclic) bond motifs is 2. The van der Waals surface area contributed by atoms with Gasteiger partial charge in [0.05, 0.1) is 91.9 Å². The summed E-state index contributed by atoms with van der Waals surface area (Å²) in [4.78, 5) is 22.1. The number of hydrogen-bond acceptors (Lipinski definition) is 8. The van der Waals surface area contributed by atoms with Crippen LogP contribution in [0.25, 0.3) is 22.1 Å². The van der Waals surface area contributed by atoms with E-state index in [1.165, 1.54) is 19.2 Å². The fraction of sp³-hybridized carbons (Fsp3) is 0.273. The number of imidazole rings is 2. The van der Waals surface area contributed by atoms with Crippen LogP contribution in [-0.2, 0) is 45.5 Å². The molecule has 0 aliphatic heterocycles. The number of aryl methyl sites for hydroxylation is 2. The maximum atomic E-state index is 12.8. The standard InChI is InChI=1S/C17H16F3N3O2S.C16H14F3N3O2S/c1-9-7-21-14(10(2)15(9)25-3)8-26(24)16-22-12-5-4-11(17(18,19)20)6-13(12)23-16;1-9-7-20-11(6-14(9)24-2)8-25(23)15-21-12-4-3-10(16(17,18)19)5-13(12)22-15/h4-7H,8H2,1-3H3,(H,22,23);3-7H,8H2,1-2H3,(H,21,22). The van der Waals surface area contributed by atoms with Gasteiger partial charge in [0.2, 0.25) is 0 Å². The Labute approximate surface area is 292 Å². The Bertz CT molecular complexity index is 2270. The van der Waals surface area contributed by atoms with Gasteiger partial charge in [-0.1, -0.05) is 0 Å². The van der Waals surface area contributed by atoms with Crippen LogP contribution in [0.2, 0.25) is 0 Å². The molecule has 10 nitrogen and oxygen atoms in total. The lowest BCUT2D eigenvalue weighted by Crippen LogP contribution is -2.05. The van der Waals surface area contributed by atoms with E-state index in [0.29, 0.717) is 33.9 Å². The number of rotatable bonds is 8. The van der Waals surface area contributed by atoms with E-state index in [1.54, 1.807) is 25.6 Å². The highest BCUT2D eigenvalue weighted by molar-refractivity contribution is 7.84. The topological polar surface area (TPSA) is 136 Å². The molecular weight excluding hydrogens is 723 g/mol.